The maximum Gasteiger partial charge on any atom is 0.190 e. The van der Waals surface area contributed by atoms with Gasteiger partial charge in [0.05, 0.1) is 6.61 Å². The van der Waals surface area contributed by atoms with Crippen LogP contribution in [-0.4, -0.2) is 14.5 Å². The van der Waals surface area contributed by atoms with Crippen molar-refractivity contribution in [1.29, 1.82) is 0 Å². The van der Waals surface area contributed by atoms with Gasteiger partial charge in [0.25, 0.3) is 0 Å². The van der Waals surface area contributed by atoms with E-state index in [9.17, 15) is 8.78 Å². The largest absolute Gasteiger partial charge is 0.488 e. The fraction of sp³-hybridized carbons (Fsp3) is 0.250. The highest BCUT2D eigenvalue weighted by atomic mass is 19.1. The molecule has 0 aliphatic rings. The van der Waals surface area contributed by atoms with Crippen LogP contribution in [0, 0.1) is 11.6 Å². The molecular weight excluding hydrogens is 161 g/mol. The lowest BCUT2D eigenvalue weighted by molar-refractivity contribution is 0.303. The Labute approximate surface area is 70.8 Å². The van der Waals surface area contributed by atoms with Crippen molar-refractivity contribution in [3.8, 4) is 5.75 Å². The Hall–Kier alpha value is -1.06. The van der Waals surface area contributed by atoms with Gasteiger partial charge in [-0.15, -0.1) is 0 Å². The SMILES string of the molecule is [BH3-]c1cc(F)c(OCC)c(F)c1. The van der Waals surface area contributed by atoms with Gasteiger partial charge in [0, 0.05) is 0 Å². The van der Waals surface area contributed by atoms with E-state index >= 15 is 0 Å². The Kier molecular flexibility index (Phi) is 2.68. The summed E-state index contributed by atoms with van der Waals surface area (Å²) < 4.78 is 30.7. The number of halogens is 2. The summed E-state index contributed by atoms with van der Waals surface area (Å²) in [6, 6.07) is 2.71. The summed E-state index contributed by atoms with van der Waals surface area (Å²) >= 11 is 0. The average Bonchev–Trinajstić information content (AvgIpc) is 1.96. The summed E-state index contributed by atoms with van der Waals surface area (Å²) in [7, 11) is -0.154. The zero-order chi connectivity index (χ0) is 9.14. The summed E-state index contributed by atoms with van der Waals surface area (Å²) in [5.74, 6) is -1.41. The summed E-state index contributed by atoms with van der Waals surface area (Å²) in [6.07, 6.45) is 0. The van der Waals surface area contributed by atoms with Gasteiger partial charge in [0.2, 0.25) is 0 Å². The normalized spacial score (nSPS) is 10.0. The Morgan fingerprint density at radius 3 is 2.25 bits per heavy atom. The van der Waals surface area contributed by atoms with Crippen LogP contribution < -0.4 is 10.2 Å². The van der Waals surface area contributed by atoms with Crippen LogP contribution in [0.3, 0.4) is 0 Å². The van der Waals surface area contributed by atoms with Crippen molar-refractivity contribution in [2.24, 2.45) is 0 Å². The Morgan fingerprint density at radius 2 is 1.83 bits per heavy atom. The monoisotopic (exact) mass is 171 g/mol. The zero-order valence-corrected chi connectivity index (χ0v) is 6.03. The number of ether oxygens (including phenoxy) is 1. The molecule has 1 aromatic carbocycles. The summed E-state index contributed by atoms with van der Waals surface area (Å²) in [5, 5.41) is 0. The molecule has 0 heterocycles. The van der Waals surface area contributed by atoms with Gasteiger partial charge >= 0.3 is 0 Å². The van der Waals surface area contributed by atoms with Crippen molar-refractivity contribution in [1.82, 2.24) is 0 Å². The van der Waals surface area contributed by atoms with Gasteiger partial charge in [-0.3, -0.25) is 0 Å². The number of rotatable bonds is 2. The van der Waals surface area contributed by atoms with Crippen LogP contribution in [0.1, 0.15) is 6.92 Å². The van der Waals surface area contributed by atoms with Gasteiger partial charge < -0.3 is 4.74 Å². The zero-order valence-electron chi connectivity index (χ0n) is 6.03. The van der Waals surface area contributed by atoms with Crippen LogP contribution >= 0.6 is 0 Å². The molecular formula is C8H10BF2O-. The molecule has 0 amide bonds. The molecule has 0 atom stereocenters. The van der Waals surface area contributed by atoms with Gasteiger partial charge in [0.15, 0.2) is 17.4 Å². The standard InChI is InChI=1S/C8H10BF2O/c1-2-12-8-6(10)3-5(9)4-7(8)11/h3-4H,2H2,1,9H3/q-1. The molecule has 0 saturated heterocycles. The molecule has 0 saturated carbocycles. The van der Waals surface area contributed by atoms with Crippen molar-refractivity contribution in [3.05, 3.63) is 23.8 Å². The Morgan fingerprint density at radius 1 is 1.33 bits per heavy atom. The molecule has 1 rings (SSSR count). The van der Waals surface area contributed by atoms with Crippen LogP contribution in [0.2, 0.25) is 0 Å². The molecule has 0 radical (unpaired) electrons. The van der Waals surface area contributed by atoms with E-state index in [4.69, 9.17) is 4.74 Å². The second kappa shape index (κ2) is 3.56. The van der Waals surface area contributed by atoms with Gasteiger partial charge in [-0.05, 0) is 14.8 Å². The minimum atomic E-state index is -0.582. The van der Waals surface area contributed by atoms with Crippen LogP contribution in [-0.2, 0) is 0 Å². The maximum atomic E-state index is 13.0. The van der Waals surface area contributed by atoms with Gasteiger partial charge in [-0.25, -0.2) is 14.2 Å². The van der Waals surface area contributed by atoms with E-state index in [0.29, 0.717) is 0 Å². The quantitative estimate of drug-likeness (QED) is 0.583. The van der Waals surface area contributed by atoms with Crippen molar-refractivity contribution >= 4 is 13.3 Å². The molecule has 12 heavy (non-hydrogen) atoms. The average molecular weight is 171 g/mol. The first-order valence-electron chi connectivity index (χ1n) is 3.23. The Balaban J connectivity index is 3.10. The maximum absolute atomic E-state index is 13.0. The third-order valence-electron chi connectivity index (χ3n) is 1.14. The molecule has 0 aliphatic heterocycles. The third kappa shape index (κ3) is 1.75. The van der Waals surface area contributed by atoms with Crippen LogP contribution in [0.4, 0.5) is 8.78 Å². The lowest BCUT2D eigenvalue weighted by Crippen LogP contribution is -2.07. The second-order valence-corrected chi connectivity index (χ2v) is 1.91. The van der Waals surface area contributed by atoms with Crippen LogP contribution in [0.5, 0.6) is 5.75 Å². The van der Waals surface area contributed by atoms with E-state index in [-0.39, 0.29) is 20.2 Å². The van der Waals surface area contributed by atoms with E-state index in [1.54, 1.807) is 6.92 Å². The Bertz CT molecular complexity index is 265. The molecule has 0 aliphatic carbocycles. The molecule has 0 bridgehead atoms. The smallest absolute Gasteiger partial charge is 0.190 e. The van der Waals surface area contributed by atoms with E-state index in [0.717, 1.165) is 5.46 Å². The lowest BCUT2D eigenvalue weighted by atomic mass is 9.96. The molecule has 1 nitrogen and oxygen atoms in total. The molecule has 0 spiro atoms. The first-order valence-corrected chi connectivity index (χ1v) is 3.23. The fourth-order valence-electron chi connectivity index (χ4n) is 0.715. The summed E-state index contributed by atoms with van der Waals surface area (Å²) in [6.45, 7) is 1.98. The van der Waals surface area contributed by atoms with Crippen LogP contribution in [0.15, 0.2) is 12.1 Å². The van der Waals surface area contributed by atoms with Crippen molar-refractivity contribution in [2.45, 2.75) is 6.92 Å². The molecule has 0 N–H and O–H groups in total. The van der Waals surface area contributed by atoms with Crippen LogP contribution in [0.25, 0.3) is 0 Å². The topological polar surface area (TPSA) is 9.23 Å². The van der Waals surface area contributed by atoms with Crippen molar-refractivity contribution in [2.75, 3.05) is 6.61 Å². The predicted molar refractivity (Wildman–Crippen MR) is 47.1 cm³/mol. The lowest BCUT2D eigenvalue weighted by Gasteiger charge is -2.07. The van der Waals surface area contributed by atoms with Crippen molar-refractivity contribution in [3.63, 3.8) is 0 Å². The van der Waals surface area contributed by atoms with E-state index in [2.05, 4.69) is 0 Å². The highest BCUT2D eigenvalue weighted by Crippen LogP contribution is 2.19. The third-order valence-corrected chi connectivity index (χ3v) is 1.14. The highest BCUT2D eigenvalue weighted by Gasteiger charge is 2.08. The van der Waals surface area contributed by atoms with E-state index in [1.807, 2.05) is 0 Å². The molecule has 0 unspecified atom stereocenters. The van der Waals surface area contributed by atoms with Crippen molar-refractivity contribution < 1.29 is 13.5 Å². The van der Waals surface area contributed by atoms with Gasteiger partial charge in [0.1, 0.15) is 0 Å². The minimum Gasteiger partial charge on any atom is -0.488 e. The van der Waals surface area contributed by atoms with E-state index in [1.165, 1.54) is 12.1 Å². The van der Waals surface area contributed by atoms with Gasteiger partial charge in [-0.1, -0.05) is 12.1 Å². The molecule has 66 valence electrons. The predicted octanol–water partition coefficient (Wildman–Crippen LogP) is 0.354. The molecule has 0 aromatic heterocycles. The second-order valence-electron chi connectivity index (χ2n) is 1.91. The minimum absolute atomic E-state index is 0.154. The number of benzene rings is 1. The fourth-order valence-corrected chi connectivity index (χ4v) is 0.715. The van der Waals surface area contributed by atoms with Gasteiger partial charge in [-0.2, -0.15) is 0 Å². The first kappa shape index (κ1) is 9.04. The molecule has 0 fully saturated rings. The molecule has 4 heteroatoms. The highest BCUT2D eigenvalue weighted by molar-refractivity contribution is 6.32. The van der Waals surface area contributed by atoms with E-state index < -0.39 is 11.6 Å². The summed E-state index contributed by atoms with van der Waals surface area (Å²) in [4.78, 5) is 0. The first-order chi connectivity index (χ1) is 5.65. The number of hydrogen-bond donors (Lipinski definition) is 0. The molecule has 1 aromatic rings. The number of hydrogen-bond acceptors (Lipinski definition) is 1. The summed E-state index contributed by atoms with van der Waals surface area (Å²) in [5.41, 5.74) is 0.799.